The molecule has 2 N–H and O–H groups in total. The van der Waals surface area contributed by atoms with Gasteiger partial charge >= 0.3 is 5.97 Å². The molecular formula is C19H22O8. The van der Waals surface area contributed by atoms with E-state index in [1.165, 1.54) is 14.2 Å². The van der Waals surface area contributed by atoms with E-state index < -0.39 is 29.7 Å². The number of esters is 1. The number of aliphatic hydroxyl groups excluding tert-OH is 1. The molecule has 0 unspecified atom stereocenters. The summed E-state index contributed by atoms with van der Waals surface area (Å²) >= 11 is 0. The number of carbonyl (C=O) groups excluding carboxylic acids is 1. The maximum atomic E-state index is 12.2. The smallest absolute Gasteiger partial charge is 0.306 e. The molecule has 0 radical (unpaired) electrons. The number of aromatic hydroxyl groups is 1. The van der Waals surface area contributed by atoms with E-state index in [9.17, 15) is 19.8 Å². The Kier molecular flexibility index (Phi) is 6.84. The Morgan fingerprint density at radius 1 is 1.22 bits per heavy atom. The van der Waals surface area contributed by atoms with E-state index in [-0.39, 0.29) is 24.5 Å². The van der Waals surface area contributed by atoms with Crippen LogP contribution in [-0.2, 0) is 16.1 Å². The number of methoxy groups -OCH3 is 2. The van der Waals surface area contributed by atoms with Crippen molar-refractivity contribution in [2.75, 3.05) is 20.8 Å². The second-order valence-corrected chi connectivity index (χ2v) is 5.62. The van der Waals surface area contributed by atoms with Gasteiger partial charge in [-0.3, -0.25) is 9.59 Å². The standard InChI is InChI=1S/C19H22O8/c1-4-26-17(22)9-14(13-7-11(24-2)5-6-16(13)25-3)19-18(23)15(21)8-12(10-20)27-19/h5-8,14,20,23H,4,9-10H2,1-3H3/t14-/m0/s1. The zero-order valence-corrected chi connectivity index (χ0v) is 15.4. The largest absolute Gasteiger partial charge is 0.502 e. The predicted octanol–water partition coefficient (Wildman–Crippen LogP) is 1.94. The number of carbonyl (C=O) groups is 1. The summed E-state index contributed by atoms with van der Waals surface area (Å²) in [6.45, 7) is 1.31. The molecule has 0 bridgehead atoms. The SMILES string of the molecule is CCOC(=O)C[C@@H](c1cc(OC)ccc1OC)c1oc(CO)cc(=O)c1O. The van der Waals surface area contributed by atoms with Gasteiger partial charge in [-0.25, -0.2) is 0 Å². The lowest BCUT2D eigenvalue weighted by atomic mass is 9.91. The summed E-state index contributed by atoms with van der Waals surface area (Å²) in [4.78, 5) is 24.2. The summed E-state index contributed by atoms with van der Waals surface area (Å²) in [6, 6.07) is 5.91. The van der Waals surface area contributed by atoms with Crippen LogP contribution in [0.1, 0.15) is 36.3 Å². The molecule has 0 aliphatic heterocycles. The van der Waals surface area contributed by atoms with Crippen molar-refractivity contribution in [3.63, 3.8) is 0 Å². The maximum absolute atomic E-state index is 12.2. The normalized spacial score (nSPS) is 11.7. The van der Waals surface area contributed by atoms with Crippen LogP contribution in [0.4, 0.5) is 0 Å². The third-order valence-corrected chi connectivity index (χ3v) is 3.96. The lowest BCUT2D eigenvalue weighted by molar-refractivity contribution is -0.143. The molecule has 0 saturated carbocycles. The van der Waals surface area contributed by atoms with Crippen molar-refractivity contribution in [3.05, 3.63) is 51.6 Å². The molecule has 0 spiro atoms. The third-order valence-electron chi connectivity index (χ3n) is 3.96. The van der Waals surface area contributed by atoms with E-state index in [1.54, 1.807) is 25.1 Å². The van der Waals surface area contributed by atoms with Gasteiger partial charge in [0.2, 0.25) is 11.2 Å². The summed E-state index contributed by atoms with van der Waals surface area (Å²) in [7, 11) is 2.93. The van der Waals surface area contributed by atoms with Gasteiger partial charge in [0.15, 0.2) is 5.76 Å². The Morgan fingerprint density at radius 3 is 2.56 bits per heavy atom. The minimum atomic E-state index is -0.895. The van der Waals surface area contributed by atoms with Crippen LogP contribution < -0.4 is 14.9 Å². The van der Waals surface area contributed by atoms with Gasteiger partial charge < -0.3 is 28.8 Å². The quantitative estimate of drug-likeness (QED) is 0.670. The fourth-order valence-corrected chi connectivity index (χ4v) is 2.71. The van der Waals surface area contributed by atoms with E-state index in [4.69, 9.17) is 18.6 Å². The van der Waals surface area contributed by atoms with Crippen molar-refractivity contribution in [2.24, 2.45) is 0 Å². The number of aliphatic hydroxyl groups is 1. The van der Waals surface area contributed by atoms with Crippen LogP contribution in [0.2, 0.25) is 0 Å². The fourth-order valence-electron chi connectivity index (χ4n) is 2.71. The summed E-state index contributed by atoms with van der Waals surface area (Å²) < 4.78 is 21.1. The molecule has 2 aromatic rings. The number of ether oxygens (including phenoxy) is 3. The van der Waals surface area contributed by atoms with Crippen LogP contribution in [0.3, 0.4) is 0 Å². The molecule has 2 rings (SSSR count). The first-order chi connectivity index (χ1) is 12.9. The molecule has 1 atom stereocenters. The molecule has 0 amide bonds. The van der Waals surface area contributed by atoms with Crippen molar-refractivity contribution < 1.29 is 33.6 Å². The Morgan fingerprint density at radius 2 is 1.96 bits per heavy atom. The van der Waals surface area contributed by atoms with Crippen LogP contribution in [0, 0.1) is 0 Å². The zero-order valence-electron chi connectivity index (χ0n) is 15.4. The minimum absolute atomic E-state index is 0.0384. The second-order valence-electron chi connectivity index (χ2n) is 5.62. The predicted molar refractivity (Wildman–Crippen MR) is 95.2 cm³/mol. The summed E-state index contributed by atoms with van der Waals surface area (Å²) in [5.74, 6) is -1.40. The molecule has 27 heavy (non-hydrogen) atoms. The first-order valence-electron chi connectivity index (χ1n) is 8.29. The molecule has 0 aliphatic rings. The van der Waals surface area contributed by atoms with Crippen LogP contribution in [0.25, 0.3) is 0 Å². The van der Waals surface area contributed by atoms with Crippen molar-refractivity contribution >= 4 is 5.97 Å². The van der Waals surface area contributed by atoms with Crippen LogP contribution in [0.5, 0.6) is 17.2 Å². The molecule has 0 aliphatic carbocycles. The lowest BCUT2D eigenvalue weighted by Crippen LogP contribution is -2.15. The van der Waals surface area contributed by atoms with Crippen LogP contribution >= 0.6 is 0 Å². The highest BCUT2D eigenvalue weighted by molar-refractivity contribution is 5.72. The molecule has 8 heteroatoms. The van der Waals surface area contributed by atoms with E-state index in [0.717, 1.165) is 6.07 Å². The molecule has 1 aromatic heterocycles. The molecule has 1 aromatic carbocycles. The van der Waals surface area contributed by atoms with Gasteiger partial charge in [0.1, 0.15) is 23.9 Å². The third kappa shape index (κ3) is 4.59. The average Bonchev–Trinajstić information content (AvgIpc) is 2.68. The van der Waals surface area contributed by atoms with Gasteiger partial charge in [-0.05, 0) is 25.1 Å². The van der Waals surface area contributed by atoms with E-state index in [0.29, 0.717) is 17.1 Å². The number of rotatable bonds is 8. The van der Waals surface area contributed by atoms with Gasteiger partial charge in [0.05, 0.1) is 33.2 Å². The summed E-state index contributed by atoms with van der Waals surface area (Å²) in [5.41, 5.74) is -0.269. The highest BCUT2D eigenvalue weighted by Gasteiger charge is 2.29. The highest BCUT2D eigenvalue weighted by Crippen LogP contribution is 2.39. The number of benzene rings is 1. The van der Waals surface area contributed by atoms with Gasteiger partial charge in [0.25, 0.3) is 0 Å². The monoisotopic (exact) mass is 378 g/mol. The first-order valence-corrected chi connectivity index (χ1v) is 8.29. The Hall–Kier alpha value is -3.00. The van der Waals surface area contributed by atoms with Gasteiger partial charge in [-0.15, -0.1) is 0 Å². The molecule has 0 saturated heterocycles. The maximum Gasteiger partial charge on any atom is 0.306 e. The Balaban J connectivity index is 2.68. The minimum Gasteiger partial charge on any atom is -0.502 e. The van der Waals surface area contributed by atoms with Gasteiger partial charge in [0, 0.05) is 11.6 Å². The fraction of sp³-hybridized carbons (Fsp3) is 0.368. The van der Waals surface area contributed by atoms with Crippen molar-refractivity contribution in [3.8, 4) is 17.2 Å². The Labute approximate surface area is 155 Å². The van der Waals surface area contributed by atoms with Gasteiger partial charge in [-0.1, -0.05) is 0 Å². The zero-order chi connectivity index (χ0) is 20.0. The van der Waals surface area contributed by atoms with E-state index in [2.05, 4.69) is 0 Å². The van der Waals surface area contributed by atoms with Gasteiger partial charge in [-0.2, -0.15) is 0 Å². The molecular weight excluding hydrogens is 356 g/mol. The topological polar surface area (TPSA) is 115 Å². The highest BCUT2D eigenvalue weighted by atomic mass is 16.5. The van der Waals surface area contributed by atoms with Crippen LogP contribution in [-0.4, -0.2) is 37.0 Å². The first kappa shape index (κ1) is 20.3. The lowest BCUT2D eigenvalue weighted by Gasteiger charge is -2.20. The van der Waals surface area contributed by atoms with E-state index in [1.807, 2.05) is 0 Å². The summed E-state index contributed by atoms with van der Waals surface area (Å²) in [6.07, 6.45) is -0.219. The van der Waals surface area contributed by atoms with Crippen molar-refractivity contribution in [2.45, 2.75) is 25.9 Å². The average molecular weight is 378 g/mol. The number of hydrogen-bond acceptors (Lipinski definition) is 8. The number of hydrogen-bond donors (Lipinski definition) is 2. The summed E-state index contributed by atoms with van der Waals surface area (Å²) in [5, 5.41) is 19.6. The molecule has 0 fully saturated rings. The molecule has 146 valence electrons. The Bertz CT molecular complexity index is 855. The van der Waals surface area contributed by atoms with Crippen molar-refractivity contribution in [1.82, 2.24) is 0 Å². The van der Waals surface area contributed by atoms with Crippen molar-refractivity contribution in [1.29, 1.82) is 0 Å². The second kappa shape index (κ2) is 9.09. The van der Waals surface area contributed by atoms with E-state index >= 15 is 0 Å². The molecule has 1 heterocycles. The van der Waals surface area contributed by atoms with Crippen LogP contribution in [0.15, 0.2) is 33.5 Å². The molecule has 8 nitrogen and oxygen atoms in total.